The summed E-state index contributed by atoms with van der Waals surface area (Å²) in [5.41, 5.74) is 0.673. The number of nitrogens with one attached hydrogen (secondary N) is 1. The Balaban J connectivity index is 3.09. The maximum atomic E-state index is 11.1. The van der Waals surface area contributed by atoms with Crippen LogP contribution in [-0.4, -0.2) is 24.1 Å². The Kier molecular flexibility index (Phi) is 5.15. The fourth-order valence-electron chi connectivity index (χ4n) is 1.57. The summed E-state index contributed by atoms with van der Waals surface area (Å²) >= 11 is 3.34. The summed E-state index contributed by atoms with van der Waals surface area (Å²) in [5, 5.41) is 11.5. The molecule has 0 fully saturated rings. The highest BCUT2D eigenvalue weighted by Gasteiger charge is 2.19. The van der Waals surface area contributed by atoms with E-state index >= 15 is 0 Å². The number of amides is 1. The largest absolute Gasteiger partial charge is 0.497 e. The molecule has 1 aromatic carbocycles. The van der Waals surface area contributed by atoms with Gasteiger partial charge in [0.15, 0.2) is 0 Å². The SMILES string of the molecule is COc1ccc(Br)c([C@@H](CC(=O)O)NC(C)=O)c1. The highest BCUT2D eigenvalue weighted by molar-refractivity contribution is 9.10. The number of carbonyl (C=O) groups excluding carboxylic acids is 1. The van der Waals surface area contributed by atoms with Crippen LogP contribution in [0.2, 0.25) is 0 Å². The molecule has 1 aromatic rings. The van der Waals surface area contributed by atoms with E-state index in [1.54, 1.807) is 18.2 Å². The van der Waals surface area contributed by atoms with E-state index in [9.17, 15) is 9.59 Å². The van der Waals surface area contributed by atoms with Crippen LogP contribution in [0, 0.1) is 0 Å². The van der Waals surface area contributed by atoms with Crippen molar-refractivity contribution in [3.05, 3.63) is 28.2 Å². The summed E-state index contributed by atoms with van der Waals surface area (Å²) in [6.45, 7) is 1.35. The van der Waals surface area contributed by atoms with Gasteiger partial charge in [-0.2, -0.15) is 0 Å². The van der Waals surface area contributed by atoms with Gasteiger partial charge in [-0.1, -0.05) is 15.9 Å². The molecule has 1 amide bonds. The summed E-state index contributed by atoms with van der Waals surface area (Å²) in [6, 6.07) is 4.61. The molecule has 2 N–H and O–H groups in total. The lowest BCUT2D eigenvalue weighted by Crippen LogP contribution is -2.28. The average molecular weight is 316 g/mol. The van der Waals surface area contributed by atoms with Gasteiger partial charge >= 0.3 is 5.97 Å². The Morgan fingerprint density at radius 2 is 2.17 bits per heavy atom. The van der Waals surface area contributed by atoms with Gasteiger partial charge in [0.05, 0.1) is 19.6 Å². The zero-order chi connectivity index (χ0) is 13.7. The van der Waals surface area contributed by atoms with Gasteiger partial charge in [-0.15, -0.1) is 0 Å². The highest BCUT2D eigenvalue weighted by Crippen LogP contribution is 2.29. The van der Waals surface area contributed by atoms with Gasteiger partial charge in [0.1, 0.15) is 5.75 Å². The number of halogens is 1. The lowest BCUT2D eigenvalue weighted by Gasteiger charge is -2.18. The van der Waals surface area contributed by atoms with Crippen molar-refractivity contribution in [2.45, 2.75) is 19.4 Å². The Bertz CT molecular complexity index is 445. The van der Waals surface area contributed by atoms with E-state index < -0.39 is 12.0 Å². The lowest BCUT2D eigenvalue weighted by molar-refractivity contribution is -0.137. The predicted molar refractivity (Wildman–Crippen MR) is 69.5 cm³/mol. The van der Waals surface area contributed by atoms with Crippen LogP contribution in [0.3, 0.4) is 0 Å². The molecule has 0 saturated carbocycles. The molecule has 0 bridgehead atoms. The molecular weight excluding hydrogens is 302 g/mol. The smallest absolute Gasteiger partial charge is 0.305 e. The molecule has 0 heterocycles. The average Bonchev–Trinajstić information content (AvgIpc) is 2.27. The quantitative estimate of drug-likeness (QED) is 0.872. The first-order valence-corrected chi connectivity index (χ1v) is 6.05. The number of methoxy groups -OCH3 is 1. The van der Waals surface area contributed by atoms with Crippen molar-refractivity contribution in [1.82, 2.24) is 5.32 Å². The molecular formula is C12H14BrNO4. The predicted octanol–water partition coefficient (Wildman–Crippen LogP) is 2.11. The summed E-state index contributed by atoms with van der Waals surface area (Å²) in [5.74, 6) is -0.659. The van der Waals surface area contributed by atoms with Crippen molar-refractivity contribution in [2.24, 2.45) is 0 Å². The van der Waals surface area contributed by atoms with Crippen LogP contribution in [0.5, 0.6) is 5.75 Å². The fraction of sp³-hybridized carbons (Fsp3) is 0.333. The number of carboxylic acid groups (broad SMARTS) is 1. The van der Waals surface area contributed by atoms with Crippen LogP contribution in [0.4, 0.5) is 0 Å². The van der Waals surface area contributed by atoms with Crippen LogP contribution in [0.15, 0.2) is 22.7 Å². The van der Waals surface area contributed by atoms with Crippen molar-refractivity contribution in [3.63, 3.8) is 0 Å². The van der Waals surface area contributed by atoms with Gasteiger partial charge in [0, 0.05) is 11.4 Å². The van der Waals surface area contributed by atoms with E-state index in [2.05, 4.69) is 21.2 Å². The fourth-order valence-corrected chi connectivity index (χ4v) is 2.10. The zero-order valence-corrected chi connectivity index (χ0v) is 11.7. The second-order valence-corrected chi connectivity index (χ2v) is 4.59. The van der Waals surface area contributed by atoms with Gasteiger partial charge < -0.3 is 15.2 Å². The molecule has 6 heteroatoms. The maximum absolute atomic E-state index is 11.1. The molecule has 5 nitrogen and oxygen atoms in total. The van der Waals surface area contributed by atoms with Gasteiger partial charge in [0.2, 0.25) is 5.91 Å². The van der Waals surface area contributed by atoms with Crippen molar-refractivity contribution < 1.29 is 19.4 Å². The third kappa shape index (κ3) is 4.03. The summed E-state index contributed by atoms with van der Waals surface area (Å²) in [6.07, 6.45) is -0.189. The molecule has 0 aliphatic heterocycles. The Hall–Kier alpha value is -1.56. The van der Waals surface area contributed by atoms with Crippen molar-refractivity contribution in [1.29, 1.82) is 0 Å². The van der Waals surface area contributed by atoms with Gasteiger partial charge in [-0.25, -0.2) is 0 Å². The first-order chi connectivity index (χ1) is 8.43. The summed E-state index contributed by atoms with van der Waals surface area (Å²) in [7, 11) is 1.53. The van der Waals surface area contributed by atoms with Crippen molar-refractivity contribution >= 4 is 27.8 Å². The normalized spacial score (nSPS) is 11.7. The number of hydrogen-bond donors (Lipinski definition) is 2. The highest BCUT2D eigenvalue weighted by atomic mass is 79.9. The van der Waals surface area contributed by atoms with Crippen molar-refractivity contribution in [3.8, 4) is 5.75 Å². The second kappa shape index (κ2) is 6.39. The molecule has 0 unspecified atom stereocenters. The number of benzene rings is 1. The molecule has 0 radical (unpaired) electrons. The van der Waals surface area contributed by atoms with E-state index in [0.29, 0.717) is 11.3 Å². The van der Waals surface area contributed by atoms with E-state index in [1.807, 2.05) is 0 Å². The second-order valence-electron chi connectivity index (χ2n) is 3.74. The van der Waals surface area contributed by atoms with Crippen LogP contribution in [0.1, 0.15) is 24.9 Å². The van der Waals surface area contributed by atoms with Gasteiger partial charge in [0.25, 0.3) is 0 Å². The molecule has 0 aromatic heterocycles. The molecule has 0 saturated heterocycles. The topological polar surface area (TPSA) is 75.6 Å². The number of carboxylic acids is 1. The van der Waals surface area contributed by atoms with Crippen LogP contribution < -0.4 is 10.1 Å². The number of aliphatic carboxylic acids is 1. The summed E-state index contributed by atoms with van der Waals surface area (Å²) in [4.78, 5) is 22.0. The molecule has 18 heavy (non-hydrogen) atoms. The Morgan fingerprint density at radius 3 is 2.67 bits per heavy atom. The number of rotatable bonds is 5. The zero-order valence-electron chi connectivity index (χ0n) is 10.1. The maximum Gasteiger partial charge on any atom is 0.305 e. The number of ether oxygens (including phenoxy) is 1. The number of carbonyl (C=O) groups is 2. The van der Waals surface area contributed by atoms with Crippen LogP contribution in [-0.2, 0) is 9.59 Å². The van der Waals surface area contributed by atoms with E-state index in [-0.39, 0.29) is 12.3 Å². The van der Waals surface area contributed by atoms with E-state index in [0.717, 1.165) is 4.47 Å². The van der Waals surface area contributed by atoms with E-state index in [1.165, 1.54) is 14.0 Å². The van der Waals surface area contributed by atoms with E-state index in [4.69, 9.17) is 9.84 Å². The first kappa shape index (κ1) is 14.5. The Labute approximate surface area is 113 Å². The third-order valence-corrected chi connectivity index (χ3v) is 3.06. The molecule has 1 atom stereocenters. The lowest BCUT2D eigenvalue weighted by atomic mass is 10.0. The first-order valence-electron chi connectivity index (χ1n) is 5.26. The van der Waals surface area contributed by atoms with Crippen LogP contribution in [0.25, 0.3) is 0 Å². The molecule has 0 spiro atoms. The monoisotopic (exact) mass is 315 g/mol. The summed E-state index contributed by atoms with van der Waals surface area (Å²) < 4.78 is 5.81. The van der Waals surface area contributed by atoms with Crippen LogP contribution >= 0.6 is 15.9 Å². The van der Waals surface area contributed by atoms with Gasteiger partial charge in [-0.3, -0.25) is 9.59 Å². The minimum absolute atomic E-state index is 0.189. The minimum atomic E-state index is -0.983. The third-order valence-electron chi connectivity index (χ3n) is 2.33. The Morgan fingerprint density at radius 1 is 1.50 bits per heavy atom. The van der Waals surface area contributed by atoms with Gasteiger partial charge in [-0.05, 0) is 23.8 Å². The molecule has 98 valence electrons. The van der Waals surface area contributed by atoms with Crippen molar-refractivity contribution in [2.75, 3.05) is 7.11 Å². The minimum Gasteiger partial charge on any atom is -0.497 e. The molecule has 1 rings (SSSR count). The molecule has 0 aliphatic carbocycles. The number of hydrogen-bond acceptors (Lipinski definition) is 3. The standard InChI is InChI=1S/C12H14BrNO4/c1-7(15)14-11(6-12(16)17)9-5-8(18-2)3-4-10(9)13/h3-5,11H,6H2,1-2H3,(H,14,15)(H,16,17)/t11-/m1/s1. The molecule has 0 aliphatic rings.